The van der Waals surface area contributed by atoms with Crippen molar-refractivity contribution in [3.63, 3.8) is 0 Å². The summed E-state index contributed by atoms with van der Waals surface area (Å²) >= 11 is 0. The van der Waals surface area contributed by atoms with E-state index in [9.17, 15) is 9.28 Å². The number of fused-ring (bicyclic) bond motifs is 1. The van der Waals surface area contributed by atoms with Crippen molar-refractivity contribution in [1.82, 2.24) is 15.0 Å². The molecule has 0 saturated heterocycles. The van der Waals surface area contributed by atoms with Gasteiger partial charge in [0, 0.05) is 17.3 Å². The fraction of sp³-hybridized carbons (Fsp3) is 0.174. The number of carbonyl (C=O) groups excluding carboxylic acids is 1. The summed E-state index contributed by atoms with van der Waals surface area (Å²) < 4.78 is 24.5. The van der Waals surface area contributed by atoms with Crippen LogP contribution in [0.3, 0.4) is 0 Å². The van der Waals surface area contributed by atoms with E-state index in [0.29, 0.717) is 28.0 Å². The maximum Gasteiger partial charge on any atom is 0.337 e. The number of hydrogen-bond acceptors (Lipinski definition) is 5. The van der Waals surface area contributed by atoms with E-state index < -0.39 is 5.97 Å². The van der Waals surface area contributed by atoms with Crippen LogP contribution in [0.5, 0.6) is 5.75 Å². The van der Waals surface area contributed by atoms with E-state index >= 15 is 0 Å². The Hall–Kier alpha value is -3.74. The van der Waals surface area contributed by atoms with Crippen molar-refractivity contribution in [3.05, 3.63) is 66.4 Å². The van der Waals surface area contributed by atoms with Gasteiger partial charge in [-0.1, -0.05) is 47.5 Å². The number of para-hydroxylation sites is 1. The van der Waals surface area contributed by atoms with Crippen LogP contribution in [0.4, 0.5) is 4.48 Å². The number of aromatic nitrogens is 3. The highest BCUT2D eigenvalue weighted by atomic mass is 19.2. The zero-order chi connectivity index (χ0) is 21.7. The summed E-state index contributed by atoms with van der Waals surface area (Å²) in [6, 6.07) is 16.0. The number of halogens is 1. The zero-order valence-electron chi connectivity index (χ0n) is 17.2. The van der Waals surface area contributed by atoms with Crippen LogP contribution in [0.15, 0.2) is 60.8 Å². The molecule has 154 valence electrons. The van der Waals surface area contributed by atoms with Gasteiger partial charge < -0.3 is 9.47 Å². The molecule has 4 aromatic rings. The van der Waals surface area contributed by atoms with Gasteiger partial charge in [-0.2, -0.15) is 0 Å². The third kappa shape index (κ3) is 3.87. The molecule has 0 radical (unpaired) electrons. The number of nitrogens with zero attached hydrogens (tertiary/aromatic N) is 3. The van der Waals surface area contributed by atoms with Crippen molar-refractivity contribution in [2.24, 2.45) is 0 Å². The topological polar surface area (TPSA) is 66.2 Å². The maximum atomic E-state index is 14.3. The number of carbonyl (C=O) groups is 1. The molecule has 30 heavy (non-hydrogen) atoms. The highest BCUT2D eigenvalue weighted by Crippen LogP contribution is 2.35. The monoisotopic (exact) mass is 407 g/mol. The number of hydrogen-bond donors (Lipinski definition) is 0. The lowest BCUT2D eigenvalue weighted by molar-refractivity contribution is 0.0601. The number of pyridine rings is 1. The van der Waals surface area contributed by atoms with E-state index in [2.05, 4.69) is 10.1 Å². The van der Waals surface area contributed by atoms with Gasteiger partial charge >= 0.3 is 5.97 Å². The predicted octanol–water partition coefficient (Wildman–Crippen LogP) is 5.32. The number of ether oxygens (including phenoxy) is 2. The van der Waals surface area contributed by atoms with Crippen LogP contribution in [0, 0.1) is 0 Å². The molecule has 0 unspecified atom stereocenters. The fourth-order valence-corrected chi connectivity index (χ4v) is 3.11. The summed E-state index contributed by atoms with van der Waals surface area (Å²) in [5, 5.41) is 4.53. The Morgan fingerprint density at radius 1 is 1.00 bits per heavy atom. The zero-order valence-corrected chi connectivity index (χ0v) is 17.2. The molecule has 0 aliphatic carbocycles. The van der Waals surface area contributed by atoms with Crippen molar-refractivity contribution in [1.29, 1.82) is 0 Å². The Labute approximate surface area is 173 Å². The number of benzene rings is 2. The first-order valence-corrected chi connectivity index (χ1v) is 9.49. The Bertz CT molecular complexity index is 1190. The molecule has 4 rings (SSSR count). The van der Waals surface area contributed by atoms with Crippen molar-refractivity contribution >= 4 is 17.0 Å². The molecule has 0 amide bonds. The molecule has 0 aliphatic rings. The summed E-state index contributed by atoms with van der Waals surface area (Å²) in [4.78, 5) is 16.3. The molecule has 7 heteroatoms. The van der Waals surface area contributed by atoms with Gasteiger partial charge in [-0.3, -0.25) is 0 Å². The average molecular weight is 407 g/mol. The van der Waals surface area contributed by atoms with E-state index in [1.165, 1.54) is 7.11 Å². The number of methoxy groups -OCH3 is 2. The molecule has 0 N–H and O–H groups in total. The minimum absolute atomic E-state index is 0.105. The van der Waals surface area contributed by atoms with Gasteiger partial charge in [0.25, 0.3) is 0 Å². The molecule has 2 heterocycles. The van der Waals surface area contributed by atoms with Gasteiger partial charge in [-0.05, 0) is 35.9 Å². The maximum absolute atomic E-state index is 14.3. The molecule has 0 saturated carbocycles. The van der Waals surface area contributed by atoms with Gasteiger partial charge in [0.15, 0.2) is 5.65 Å². The minimum Gasteiger partial charge on any atom is -0.496 e. The van der Waals surface area contributed by atoms with Crippen LogP contribution in [0.25, 0.3) is 33.4 Å². The van der Waals surface area contributed by atoms with Gasteiger partial charge in [0.1, 0.15) is 11.4 Å². The van der Waals surface area contributed by atoms with Gasteiger partial charge in [0.05, 0.1) is 25.2 Å². The Morgan fingerprint density at radius 2 is 1.77 bits per heavy atom. The molecule has 2 aromatic carbocycles. The van der Waals surface area contributed by atoms with Crippen LogP contribution >= 0.6 is 0 Å². The van der Waals surface area contributed by atoms with Crippen molar-refractivity contribution in [2.75, 3.05) is 14.2 Å². The van der Waals surface area contributed by atoms with Gasteiger partial charge in [-0.25, -0.2) is 9.78 Å². The van der Waals surface area contributed by atoms with E-state index in [-0.39, 0.29) is 10.6 Å². The van der Waals surface area contributed by atoms with E-state index in [4.69, 9.17) is 9.47 Å². The lowest BCUT2D eigenvalue weighted by Gasteiger charge is -2.07. The van der Waals surface area contributed by atoms with E-state index in [1.54, 1.807) is 43.6 Å². The highest BCUT2D eigenvalue weighted by Gasteiger charge is 2.18. The first kappa shape index (κ1) is 21.0. The third-order valence-electron chi connectivity index (χ3n) is 4.46. The summed E-state index contributed by atoms with van der Waals surface area (Å²) in [5.41, 5.74) is 3.10. The molecule has 0 spiro atoms. The number of rotatable bonds is 4. The molecular formula is C23H22FN3O3. The Kier molecular flexibility index (Phi) is 6.41. The van der Waals surface area contributed by atoms with Crippen molar-refractivity contribution in [2.45, 2.75) is 13.8 Å². The molecule has 0 bridgehead atoms. The Morgan fingerprint density at radius 3 is 2.50 bits per heavy atom. The summed E-state index contributed by atoms with van der Waals surface area (Å²) in [7, 11) is 2.88. The van der Waals surface area contributed by atoms with Crippen molar-refractivity contribution < 1.29 is 18.7 Å². The summed E-state index contributed by atoms with van der Waals surface area (Å²) in [5.74, 6) is 0.155. The standard InChI is InChI=1S/C21H16FN3O3.C2H6/c1-27-18-9-4-3-8-16(18)19-17-11-15(12-23-20(17)25(22)24-19)13-6-5-7-14(10-13)21(26)28-2;1-2/h3-12H,1-2H3;1-2H3. The lowest BCUT2D eigenvalue weighted by atomic mass is 10.0. The van der Waals surface area contributed by atoms with Crippen molar-refractivity contribution in [3.8, 4) is 28.1 Å². The first-order valence-electron chi connectivity index (χ1n) is 9.49. The van der Waals surface area contributed by atoms with Gasteiger partial charge in [0.2, 0.25) is 0 Å². The SMILES string of the molecule is CC.COC(=O)c1cccc(-c2cnc3c(c2)c(-c2ccccc2OC)nn3F)c1. The fourth-order valence-electron chi connectivity index (χ4n) is 3.11. The smallest absolute Gasteiger partial charge is 0.337 e. The van der Waals surface area contributed by atoms with Crippen LogP contribution in [0.1, 0.15) is 24.2 Å². The second kappa shape index (κ2) is 9.17. The Balaban J connectivity index is 0.00000124. The second-order valence-electron chi connectivity index (χ2n) is 6.08. The highest BCUT2D eigenvalue weighted by molar-refractivity contribution is 5.96. The quantitative estimate of drug-likeness (QED) is 0.429. The molecule has 0 fully saturated rings. The molecule has 2 aromatic heterocycles. The average Bonchev–Trinajstić information content (AvgIpc) is 3.15. The van der Waals surface area contributed by atoms with Crippen LogP contribution in [-0.4, -0.2) is 35.2 Å². The molecule has 0 atom stereocenters. The first-order chi connectivity index (χ1) is 14.6. The van der Waals surface area contributed by atoms with Crippen LogP contribution in [0.2, 0.25) is 0 Å². The van der Waals surface area contributed by atoms with E-state index in [1.807, 2.05) is 38.1 Å². The third-order valence-corrected chi connectivity index (χ3v) is 4.46. The predicted molar refractivity (Wildman–Crippen MR) is 114 cm³/mol. The normalized spacial score (nSPS) is 10.3. The van der Waals surface area contributed by atoms with Crippen LogP contribution < -0.4 is 4.74 Å². The number of esters is 1. The lowest BCUT2D eigenvalue weighted by Crippen LogP contribution is -2.00. The summed E-state index contributed by atoms with van der Waals surface area (Å²) in [6.07, 6.45) is 1.54. The molecule has 6 nitrogen and oxygen atoms in total. The van der Waals surface area contributed by atoms with Crippen LogP contribution in [-0.2, 0) is 4.74 Å². The molecular weight excluding hydrogens is 385 g/mol. The second-order valence-corrected chi connectivity index (χ2v) is 6.08. The summed E-state index contributed by atoms with van der Waals surface area (Å²) in [6.45, 7) is 4.00. The molecule has 0 aliphatic heterocycles. The van der Waals surface area contributed by atoms with Gasteiger partial charge in [-0.15, -0.1) is 5.10 Å². The largest absolute Gasteiger partial charge is 0.496 e. The minimum atomic E-state index is -0.429. The van der Waals surface area contributed by atoms with E-state index in [0.717, 1.165) is 11.1 Å².